The Morgan fingerprint density at radius 3 is 2.31 bits per heavy atom. The van der Waals surface area contributed by atoms with Gasteiger partial charge in [0.1, 0.15) is 0 Å². The number of rotatable bonds is 3. The summed E-state index contributed by atoms with van der Waals surface area (Å²) >= 11 is 0. The minimum atomic E-state index is 0.504. The van der Waals surface area contributed by atoms with E-state index in [9.17, 15) is 0 Å². The number of aromatic nitrogens is 2. The third-order valence-corrected chi connectivity index (χ3v) is 3.03. The Bertz CT molecular complexity index is 316. The van der Waals surface area contributed by atoms with Gasteiger partial charge in [-0.1, -0.05) is 6.92 Å². The highest BCUT2D eigenvalue weighted by Gasteiger charge is 2.17. The van der Waals surface area contributed by atoms with Crippen molar-refractivity contribution >= 4 is 5.95 Å². The van der Waals surface area contributed by atoms with Gasteiger partial charge in [0.05, 0.1) is 0 Å². The first-order valence-electron chi connectivity index (χ1n) is 5.81. The molecule has 0 amide bonds. The van der Waals surface area contributed by atoms with E-state index in [4.69, 9.17) is 5.73 Å². The summed E-state index contributed by atoms with van der Waals surface area (Å²) in [7, 11) is 0. The first-order valence-corrected chi connectivity index (χ1v) is 5.81. The molecule has 0 unspecified atom stereocenters. The fourth-order valence-electron chi connectivity index (χ4n) is 1.88. The number of likely N-dealkylation sites (N-methyl/N-ethyl adjacent to an activating group) is 1. The molecule has 0 saturated carbocycles. The molecular weight excluding hydrogens is 202 g/mol. The lowest BCUT2D eigenvalue weighted by atomic mass is 10.3. The van der Waals surface area contributed by atoms with Crippen molar-refractivity contribution in [1.29, 1.82) is 0 Å². The van der Waals surface area contributed by atoms with E-state index in [1.54, 1.807) is 0 Å². The molecule has 88 valence electrons. The number of hydrogen-bond acceptors (Lipinski definition) is 5. The molecule has 2 N–H and O–H groups in total. The third-order valence-electron chi connectivity index (χ3n) is 3.03. The van der Waals surface area contributed by atoms with Gasteiger partial charge in [-0.05, 0) is 6.54 Å². The molecule has 1 aliphatic heterocycles. The molecule has 1 saturated heterocycles. The van der Waals surface area contributed by atoms with Crippen LogP contribution in [0, 0.1) is 0 Å². The molecule has 1 aliphatic rings. The molecule has 2 rings (SSSR count). The summed E-state index contributed by atoms with van der Waals surface area (Å²) in [6.07, 6.45) is 3.63. The molecular formula is C11H19N5. The maximum Gasteiger partial charge on any atom is 0.225 e. The van der Waals surface area contributed by atoms with Gasteiger partial charge < -0.3 is 15.5 Å². The summed E-state index contributed by atoms with van der Waals surface area (Å²) in [5.41, 5.74) is 6.50. The molecule has 0 spiro atoms. The first-order chi connectivity index (χ1) is 7.83. The Kier molecular flexibility index (Phi) is 3.69. The van der Waals surface area contributed by atoms with Crippen molar-refractivity contribution in [3.8, 4) is 0 Å². The van der Waals surface area contributed by atoms with Crippen molar-refractivity contribution in [2.24, 2.45) is 5.73 Å². The highest BCUT2D eigenvalue weighted by Crippen LogP contribution is 2.10. The summed E-state index contributed by atoms with van der Waals surface area (Å²) in [6, 6.07) is 0. The highest BCUT2D eigenvalue weighted by molar-refractivity contribution is 5.30. The van der Waals surface area contributed by atoms with Crippen molar-refractivity contribution in [3.63, 3.8) is 0 Å². The van der Waals surface area contributed by atoms with Gasteiger partial charge in [0, 0.05) is 50.7 Å². The lowest BCUT2D eigenvalue weighted by molar-refractivity contribution is 0.270. The Balaban J connectivity index is 1.97. The fraction of sp³-hybridized carbons (Fsp3) is 0.636. The molecule has 0 aromatic carbocycles. The molecule has 0 atom stereocenters. The normalized spacial score (nSPS) is 17.8. The largest absolute Gasteiger partial charge is 0.338 e. The molecule has 0 aliphatic carbocycles. The van der Waals surface area contributed by atoms with Crippen LogP contribution in [0.4, 0.5) is 5.95 Å². The SMILES string of the molecule is CCN1CCN(c2ncc(CN)cn2)CC1. The van der Waals surface area contributed by atoms with Gasteiger partial charge >= 0.3 is 0 Å². The van der Waals surface area contributed by atoms with Gasteiger partial charge in [0.15, 0.2) is 0 Å². The molecule has 1 aromatic heterocycles. The van der Waals surface area contributed by atoms with Gasteiger partial charge in [0.2, 0.25) is 5.95 Å². The fourth-order valence-corrected chi connectivity index (χ4v) is 1.88. The second-order valence-electron chi connectivity index (χ2n) is 4.02. The van der Waals surface area contributed by atoms with Crippen LogP contribution in [-0.4, -0.2) is 47.6 Å². The molecule has 1 aromatic rings. The van der Waals surface area contributed by atoms with Crippen molar-refractivity contribution in [2.45, 2.75) is 13.5 Å². The van der Waals surface area contributed by atoms with Crippen LogP contribution in [0.2, 0.25) is 0 Å². The van der Waals surface area contributed by atoms with Crippen LogP contribution in [0.3, 0.4) is 0 Å². The van der Waals surface area contributed by atoms with Gasteiger partial charge in [-0.2, -0.15) is 0 Å². The van der Waals surface area contributed by atoms with E-state index in [0.717, 1.165) is 44.2 Å². The molecule has 1 fully saturated rings. The van der Waals surface area contributed by atoms with E-state index in [-0.39, 0.29) is 0 Å². The molecule has 5 nitrogen and oxygen atoms in total. The van der Waals surface area contributed by atoms with E-state index in [1.165, 1.54) is 0 Å². The average Bonchev–Trinajstić information content (AvgIpc) is 2.39. The monoisotopic (exact) mass is 221 g/mol. The van der Waals surface area contributed by atoms with Gasteiger partial charge in [-0.25, -0.2) is 9.97 Å². The van der Waals surface area contributed by atoms with Crippen LogP contribution in [0.15, 0.2) is 12.4 Å². The van der Waals surface area contributed by atoms with Crippen LogP contribution in [0.25, 0.3) is 0 Å². The molecule has 5 heteroatoms. The lowest BCUT2D eigenvalue weighted by Crippen LogP contribution is -2.46. The number of anilines is 1. The maximum atomic E-state index is 5.51. The molecule has 2 heterocycles. The zero-order chi connectivity index (χ0) is 11.4. The second-order valence-corrected chi connectivity index (χ2v) is 4.02. The maximum absolute atomic E-state index is 5.51. The standard InChI is InChI=1S/C11H19N5/c1-2-15-3-5-16(6-4-15)11-13-8-10(7-12)9-14-11/h8-9H,2-7,12H2,1H3. The Morgan fingerprint density at radius 2 is 1.81 bits per heavy atom. The minimum Gasteiger partial charge on any atom is -0.338 e. The molecule has 16 heavy (non-hydrogen) atoms. The van der Waals surface area contributed by atoms with Crippen LogP contribution < -0.4 is 10.6 Å². The second kappa shape index (κ2) is 5.23. The quantitative estimate of drug-likeness (QED) is 0.783. The average molecular weight is 221 g/mol. The van der Waals surface area contributed by atoms with Crippen LogP contribution in [0.1, 0.15) is 12.5 Å². The van der Waals surface area contributed by atoms with Crippen LogP contribution in [0.5, 0.6) is 0 Å². The molecule has 0 bridgehead atoms. The van der Waals surface area contributed by atoms with E-state index in [0.29, 0.717) is 6.54 Å². The number of nitrogens with two attached hydrogens (primary N) is 1. The zero-order valence-electron chi connectivity index (χ0n) is 9.76. The summed E-state index contributed by atoms with van der Waals surface area (Å²) < 4.78 is 0. The van der Waals surface area contributed by atoms with E-state index in [2.05, 4.69) is 26.7 Å². The number of nitrogens with zero attached hydrogens (tertiary/aromatic N) is 4. The third kappa shape index (κ3) is 2.48. The Hall–Kier alpha value is -1.20. The van der Waals surface area contributed by atoms with Gasteiger partial charge in [-0.3, -0.25) is 0 Å². The van der Waals surface area contributed by atoms with E-state index in [1.807, 2.05) is 12.4 Å². The number of piperazine rings is 1. The zero-order valence-corrected chi connectivity index (χ0v) is 9.76. The highest BCUT2D eigenvalue weighted by atomic mass is 15.3. The smallest absolute Gasteiger partial charge is 0.225 e. The molecule has 0 radical (unpaired) electrons. The van der Waals surface area contributed by atoms with Crippen molar-refractivity contribution in [1.82, 2.24) is 14.9 Å². The predicted octanol–water partition coefficient (Wildman–Crippen LogP) is 0.0772. The van der Waals surface area contributed by atoms with Crippen molar-refractivity contribution in [3.05, 3.63) is 18.0 Å². The predicted molar refractivity (Wildman–Crippen MR) is 64.3 cm³/mol. The van der Waals surface area contributed by atoms with Crippen LogP contribution >= 0.6 is 0 Å². The summed E-state index contributed by atoms with van der Waals surface area (Å²) in [5, 5.41) is 0. The topological polar surface area (TPSA) is 58.3 Å². The lowest BCUT2D eigenvalue weighted by Gasteiger charge is -2.33. The summed E-state index contributed by atoms with van der Waals surface area (Å²) in [5.74, 6) is 0.827. The Labute approximate surface area is 96.3 Å². The first kappa shape index (κ1) is 11.3. The van der Waals surface area contributed by atoms with Gasteiger partial charge in [-0.15, -0.1) is 0 Å². The van der Waals surface area contributed by atoms with Crippen molar-refractivity contribution < 1.29 is 0 Å². The minimum absolute atomic E-state index is 0.504. The van der Waals surface area contributed by atoms with Crippen molar-refractivity contribution in [2.75, 3.05) is 37.6 Å². The van der Waals surface area contributed by atoms with E-state index < -0.39 is 0 Å². The number of hydrogen-bond donors (Lipinski definition) is 1. The van der Waals surface area contributed by atoms with Crippen LogP contribution in [-0.2, 0) is 6.54 Å². The van der Waals surface area contributed by atoms with Gasteiger partial charge in [0.25, 0.3) is 0 Å². The summed E-state index contributed by atoms with van der Waals surface area (Å²) in [6.45, 7) is 8.04. The Morgan fingerprint density at radius 1 is 1.19 bits per heavy atom. The van der Waals surface area contributed by atoms with E-state index >= 15 is 0 Å². The summed E-state index contributed by atoms with van der Waals surface area (Å²) in [4.78, 5) is 13.3.